The van der Waals surface area contributed by atoms with E-state index >= 15 is 0 Å². The minimum Gasteiger partial charge on any atom is -0.437 e. The maximum Gasteiger partial charge on any atom is 0.269 e. The SMILES string of the molecule is COCCn1c(-c2ccccc2Cl)nc2oc3ccccc3c(=O)c2c1=O. The van der Waals surface area contributed by atoms with Gasteiger partial charge >= 0.3 is 0 Å². The fraction of sp³-hybridized carbons (Fsp3) is 0.150. The maximum atomic E-state index is 13.2. The van der Waals surface area contributed by atoms with Crippen LogP contribution in [0.25, 0.3) is 33.5 Å². The number of methoxy groups -OCH3 is 1. The molecule has 2 aromatic carbocycles. The van der Waals surface area contributed by atoms with Gasteiger partial charge in [-0.25, -0.2) is 0 Å². The monoisotopic (exact) mass is 382 g/mol. The number of hydrogen-bond acceptors (Lipinski definition) is 5. The summed E-state index contributed by atoms with van der Waals surface area (Å²) in [5.74, 6) is 0.327. The van der Waals surface area contributed by atoms with Crippen molar-refractivity contribution in [3.63, 3.8) is 0 Å². The third-order valence-corrected chi connectivity index (χ3v) is 4.66. The van der Waals surface area contributed by atoms with E-state index in [2.05, 4.69) is 4.98 Å². The van der Waals surface area contributed by atoms with Crippen molar-refractivity contribution in [2.75, 3.05) is 13.7 Å². The summed E-state index contributed by atoms with van der Waals surface area (Å²) in [7, 11) is 1.54. The lowest BCUT2D eigenvalue weighted by Gasteiger charge is -2.14. The predicted octanol–water partition coefficient (Wildman–Crippen LogP) is 3.47. The summed E-state index contributed by atoms with van der Waals surface area (Å²) in [5.41, 5.74) is 0.0618. The molecule has 0 radical (unpaired) electrons. The van der Waals surface area contributed by atoms with Crippen molar-refractivity contribution in [2.45, 2.75) is 6.54 Å². The molecule has 27 heavy (non-hydrogen) atoms. The summed E-state index contributed by atoms with van der Waals surface area (Å²) in [6.07, 6.45) is 0. The Morgan fingerprint density at radius 2 is 1.85 bits per heavy atom. The molecule has 136 valence electrons. The van der Waals surface area contributed by atoms with Crippen molar-refractivity contribution in [3.8, 4) is 11.4 Å². The van der Waals surface area contributed by atoms with E-state index in [0.29, 0.717) is 27.4 Å². The van der Waals surface area contributed by atoms with Crippen LogP contribution < -0.4 is 11.0 Å². The molecule has 0 aliphatic rings. The second kappa shape index (κ2) is 6.98. The number of fused-ring (bicyclic) bond motifs is 2. The topological polar surface area (TPSA) is 74.3 Å². The highest BCUT2D eigenvalue weighted by Crippen LogP contribution is 2.27. The zero-order chi connectivity index (χ0) is 19.0. The molecule has 2 aromatic heterocycles. The van der Waals surface area contributed by atoms with Crippen LogP contribution in [-0.4, -0.2) is 23.3 Å². The number of aromatic nitrogens is 2. The van der Waals surface area contributed by atoms with Crippen LogP contribution in [0.1, 0.15) is 0 Å². The molecule has 0 atom stereocenters. The minimum absolute atomic E-state index is 0.00714. The van der Waals surface area contributed by atoms with Crippen LogP contribution in [0.2, 0.25) is 5.02 Å². The van der Waals surface area contributed by atoms with Gasteiger partial charge < -0.3 is 9.15 Å². The molecule has 0 fully saturated rings. The van der Waals surface area contributed by atoms with Gasteiger partial charge in [0.25, 0.3) is 5.56 Å². The van der Waals surface area contributed by atoms with Crippen LogP contribution in [0, 0.1) is 0 Å². The van der Waals surface area contributed by atoms with E-state index in [1.165, 1.54) is 11.7 Å². The van der Waals surface area contributed by atoms with E-state index in [0.717, 1.165) is 0 Å². The highest BCUT2D eigenvalue weighted by Gasteiger charge is 2.19. The van der Waals surface area contributed by atoms with Gasteiger partial charge in [-0.3, -0.25) is 14.2 Å². The van der Waals surface area contributed by atoms with Crippen molar-refractivity contribution >= 4 is 33.7 Å². The number of benzene rings is 2. The summed E-state index contributed by atoms with van der Waals surface area (Å²) < 4.78 is 12.3. The number of halogens is 1. The molecule has 0 amide bonds. The second-order valence-electron chi connectivity index (χ2n) is 5.97. The molecule has 0 saturated heterocycles. The first-order valence-corrected chi connectivity index (χ1v) is 8.70. The molecule has 0 aliphatic carbocycles. The molecule has 0 unspecified atom stereocenters. The van der Waals surface area contributed by atoms with Gasteiger partial charge in [0.05, 0.1) is 23.6 Å². The standard InChI is InChI=1S/C20H15ClN2O4/c1-26-11-10-23-18(12-6-2-4-8-14(12)21)22-19-16(20(23)25)17(24)13-7-3-5-9-15(13)27-19/h2-9H,10-11H2,1H3. The molecule has 0 bridgehead atoms. The molecule has 0 saturated carbocycles. The smallest absolute Gasteiger partial charge is 0.269 e. The van der Waals surface area contributed by atoms with E-state index < -0.39 is 11.0 Å². The Balaban J connectivity index is 2.14. The molecule has 4 aromatic rings. The van der Waals surface area contributed by atoms with E-state index in [1.54, 1.807) is 48.5 Å². The van der Waals surface area contributed by atoms with Crippen LogP contribution in [-0.2, 0) is 11.3 Å². The van der Waals surface area contributed by atoms with Crippen LogP contribution in [0.5, 0.6) is 0 Å². The molecule has 6 nitrogen and oxygen atoms in total. The van der Waals surface area contributed by atoms with Gasteiger partial charge in [0.15, 0.2) is 5.39 Å². The van der Waals surface area contributed by atoms with Gasteiger partial charge in [0, 0.05) is 12.7 Å². The van der Waals surface area contributed by atoms with Crippen LogP contribution in [0.15, 0.2) is 62.5 Å². The lowest BCUT2D eigenvalue weighted by molar-refractivity contribution is 0.186. The van der Waals surface area contributed by atoms with Crippen LogP contribution in [0.4, 0.5) is 0 Å². The predicted molar refractivity (Wildman–Crippen MR) is 104 cm³/mol. The number of ether oxygens (including phenoxy) is 1. The van der Waals surface area contributed by atoms with Gasteiger partial charge in [0.1, 0.15) is 11.4 Å². The molecule has 2 heterocycles. The molecule has 0 spiro atoms. The lowest BCUT2D eigenvalue weighted by Crippen LogP contribution is -2.29. The number of rotatable bonds is 4. The average Bonchev–Trinajstić information content (AvgIpc) is 2.67. The first-order chi connectivity index (χ1) is 13.1. The molecule has 0 N–H and O–H groups in total. The summed E-state index contributed by atoms with van der Waals surface area (Å²) in [5, 5.41) is 0.700. The Morgan fingerprint density at radius 3 is 2.63 bits per heavy atom. The zero-order valence-electron chi connectivity index (χ0n) is 14.4. The highest BCUT2D eigenvalue weighted by molar-refractivity contribution is 6.33. The largest absolute Gasteiger partial charge is 0.437 e. The molecular weight excluding hydrogens is 368 g/mol. The third-order valence-electron chi connectivity index (χ3n) is 4.34. The first-order valence-electron chi connectivity index (χ1n) is 8.32. The van der Waals surface area contributed by atoms with Crippen LogP contribution >= 0.6 is 11.6 Å². The van der Waals surface area contributed by atoms with Crippen molar-refractivity contribution in [1.82, 2.24) is 9.55 Å². The van der Waals surface area contributed by atoms with E-state index in [9.17, 15) is 9.59 Å². The van der Waals surface area contributed by atoms with Gasteiger partial charge in [-0.15, -0.1) is 0 Å². The summed E-state index contributed by atoms with van der Waals surface area (Å²) >= 11 is 6.32. The second-order valence-corrected chi connectivity index (χ2v) is 6.38. The quantitative estimate of drug-likeness (QED) is 0.505. The van der Waals surface area contributed by atoms with E-state index in [4.69, 9.17) is 20.8 Å². The maximum absolute atomic E-state index is 13.2. The Kier molecular flexibility index (Phi) is 4.51. The minimum atomic E-state index is -0.480. The number of nitrogens with zero attached hydrogens (tertiary/aromatic N) is 2. The van der Waals surface area contributed by atoms with Crippen LogP contribution in [0.3, 0.4) is 0 Å². The van der Waals surface area contributed by atoms with Crippen molar-refractivity contribution in [1.29, 1.82) is 0 Å². The number of para-hydroxylation sites is 1. The zero-order valence-corrected chi connectivity index (χ0v) is 15.2. The van der Waals surface area contributed by atoms with E-state index in [-0.39, 0.29) is 24.3 Å². The first kappa shape index (κ1) is 17.5. The highest BCUT2D eigenvalue weighted by atomic mass is 35.5. The Labute approximate surface area is 158 Å². The van der Waals surface area contributed by atoms with Gasteiger partial charge in [-0.1, -0.05) is 35.9 Å². The Bertz CT molecular complexity index is 1280. The van der Waals surface area contributed by atoms with Crippen molar-refractivity contribution < 1.29 is 9.15 Å². The average molecular weight is 383 g/mol. The Hall–Kier alpha value is -2.96. The van der Waals surface area contributed by atoms with Crippen molar-refractivity contribution in [3.05, 3.63) is 74.1 Å². The molecule has 0 aliphatic heterocycles. The summed E-state index contributed by atoms with van der Waals surface area (Å²) in [4.78, 5) is 30.5. The number of hydrogen-bond donors (Lipinski definition) is 0. The molecule has 7 heteroatoms. The van der Waals surface area contributed by atoms with Gasteiger partial charge in [0.2, 0.25) is 11.1 Å². The van der Waals surface area contributed by atoms with Crippen molar-refractivity contribution in [2.24, 2.45) is 0 Å². The van der Waals surface area contributed by atoms with Gasteiger partial charge in [-0.2, -0.15) is 4.98 Å². The summed E-state index contributed by atoms with van der Waals surface area (Å²) in [6.45, 7) is 0.508. The van der Waals surface area contributed by atoms with Gasteiger partial charge in [-0.05, 0) is 24.3 Å². The third kappa shape index (κ3) is 2.93. The normalized spacial score (nSPS) is 11.3. The molecule has 4 rings (SSSR count). The lowest BCUT2D eigenvalue weighted by atomic mass is 10.1. The fourth-order valence-corrected chi connectivity index (χ4v) is 3.24. The Morgan fingerprint density at radius 1 is 1.11 bits per heavy atom. The van der Waals surface area contributed by atoms with E-state index in [1.807, 2.05) is 0 Å². The summed E-state index contributed by atoms with van der Waals surface area (Å²) in [6, 6.07) is 13.8. The fourth-order valence-electron chi connectivity index (χ4n) is 3.02. The molecular formula is C20H15ClN2O4.